The van der Waals surface area contributed by atoms with Gasteiger partial charge in [0.25, 0.3) is 0 Å². The first-order valence-corrected chi connectivity index (χ1v) is 16.2. The minimum absolute atomic E-state index is 0.592. The van der Waals surface area contributed by atoms with E-state index in [4.69, 9.17) is 13.8 Å². The number of hydrogen-bond acceptors (Lipinski definition) is 4. The number of nitrogens with zero attached hydrogens (tertiary/aromatic N) is 2. The maximum atomic E-state index is 6.69. The van der Waals surface area contributed by atoms with E-state index in [-0.39, 0.29) is 0 Å². The summed E-state index contributed by atoms with van der Waals surface area (Å²) in [4.78, 5) is 4.85. The number of aromatic nitrogens is 2. The van der Waals surface area contributed by atoms with Gasteiger partial charge < -0.3 is 13.4 Å². The number of furan rings is 1. The fraction of sp³-hybridized carbons (Fsp3) is 0. The smallest absolute Gasteiger partial charge is 0.228 e. The van der Waals surface area contributed by atoms with Crippen molar-refractivity contribution in [3.8, 4) is 17.1 Å². The van der Waals surface area contributed by atoms with Crippen LogP contribution in [-0.4, -0.2) is 9.55 Å². The van der Waals surface area contributed by atoms with Crippen molar-refractivity contribution in [3.05, 3.63) is 133 Å². The van der Waals surface area contributed by atoms with Gasteiger partial charge in [0.15, 0.2) is 5.58 Å². The van der Waals surface area contributed by atoms with Gasteiger partial charge in [0.1, 0.15) is 16.7 Å². The molecule has 46 heavy (non-hydrogen) atoms. The molecule has 0 aliphatic rings. The summed E-state index contributed by atoms with van der Waals surface area (Å²) in [7, 11) is 0. The van der Waals surface area contributed by atoms with Gasteiger partial charge in [0, 0.05) is 41.9 Å². The molecule has 0 saturated carbocycles. The van der Waals surface area contributed by atoms with E-state index in [0.29, 0.717) is 5.89 Å². The first-order valence-electron chi connectivity index (χ1n) is 15.4. The Morgan fingerprint density at radius 2 is 1.24 bits per heavy atom. The standard InChI is InChI=1S/C41H22N2O2S/c1-2-11-24-23(10-1)27(41-42-28-14-5-7-17-32(28)45-41)22-34-38(24)40-30(16-9-18-33(40)44-34)43-29-15-6-3-12-25(29)37-31(43)20-21-36-39(37)26-13-4-8-19-35(26)46-36/h1-22H. The lowest BCUT2D eigenvalue weighted by Crippen LogP contribution is -1.94. The summed E-state index contributed by atoms with van der Waals surface area (Å²) in [6, 6.07) is 47.0. The van der Waals surface area contributed by atoms with Crippen LogP contribution in [0.3, 0.4) is 0 Å². The van der Waals surface area contributed by atoms with Crippen molar-refractivity contribution in [2.75, 3.05) is 0 Å². The third-order valence-corrected chi connectivity index (χ3v) is 10.6. The number of thiophene rings is 1. The van der Waals surface area contributed by atoms with E-state index in [9.17, 15) is 0 Å². The van der Waals surface area contributed by atoms with E-state index in [0.717, 1.165) is 55.1 Å². The van der Waals surface area contributed by atoms with Crippen LogP contribution in [0.5, 0.6) is 0 Å². The predicted molar refractivity (Wildman–Crippen MR) is 191 cm³/mol. The summed E-state index contributed by atoms with van der Waals surface area (Å²) in [5.41, 5.74) is 7.65. The zero-order valence-corrected chi connectivity index (χ0v) is 25.1. The first kappa shape index (κ1) is 24.4. The molecule has 4 heterocycles. The lowest BCUT2D eigenvalue weighted by molar-refractivity contribution is 0.620. The van der Waals surface area contributed by atoms with Gasteiger partial charge in [-0.25, -0.2) is 4.98 Å². The van der Waals surface area contributed by atoms with E-state index in [1.807, 2.05) is 35.6 Å². The lowest BCUT2D eigenvalue weighted by Gasteiger charge is -2.11. The molecule has 0 fully saturated rings. The van der Waals surface area contributed by atoms with Gasteiger partial charge in [-0.15, -0.1) is 11.3 Å². The topological polar surface area (TPSA) is 44.1 Å². The third-order valence-electron chi connectivity index (χ3n) is 9.42. The van der Waals surface area contributed by atoms with E-state index in [1.54, 1.807) is 0 Å². The van der Waals surface area contributed by atoms with Gasteiger partial charge in [-0.2, -0.15) is 0 Å². The second-order valence-electron chi connectivity index (χ2n) is 11.9. The van der Waals surface area contributed by atoms with Crippen LogP contribution < -0.4 is 0 Å². The molecule has 0 radical (unpaired) electrons. The number of hydrogen-bond donors (Lipinski definition) is 0. The average molecular weight is 607 g/mol. The van der Waals surface area contributed by atoms with Gasteiger partial charge >= 0.3 is 0 Å². The SMILES string of the molecule is c1ccc2oc(-c3cc4oc5cccc(-n6c7ccccc7c7c8c(ccc76)sc6ccccc68)c5c4c4ccccc34)nc2c1. The van der Waals surface area contributed by atoms with E-state index in [1.165, 1.54) is 42.0 Å². The van der Waals surface area contributed by atoms with E-state index < -0.39 is 0 Å². The van der Waals surface area contributed by atoms with Crippen LogP contribution in [0.1, 0.15) is 0 Å². The normalized spacial score (nSPS) is 12.3. The number of para-hydroxylation sites is 3. The summed E-state index contributed by atoms with van der Waals surface area (Å²) < 4.78 is 18.0. The molecule has 0 saturated heterocycles. The average Bonchev–Trinajstić information content (AvgIpc) is 3.87. The molecular weight excluding hydrogens is 585 g/mol. The molecule has 0 aliphatic heterocycles. The molecule has 4 aromatic heterocycles. The number of fused-ring (bicyclic) bond motifs is 13. The van der Waals surface area contributed by atoms with Gasteiger partial charge in [0.2, 0.25) is 5.89 Å². The van der Waals surface area contributed by atoms with Crippen molar-refractivity contribution in [1.82, 2.24) is 9.55 Å². The molecule has 11 aromatic rings. The van der Waals surface area contributed by atoms with E-state index in [2.05, 4.69) is 114 Å². The van der Waals surface area contributed by atoms with Gasteiger partial charge in [-0.05, 0) is 65.4 Å². The summed E-state index contributed by atoms with van der Waals surface area (Å²) in [6.07, 6.45) is 0. The van der Waals surface area contributed by atoms with Crippen LogP contribution in [0, 0.1) is 0 Å². The molecule has 4 nitrogen and oxygen atoms in total. The van der Waals surface area contributed by atoms with Crippen molar-refractivity contribution in [2.24, 2.45) is 0 Å². The molecule has 0 spiro atoms. The second-order valence-corrected chi connectivity index (χ2v) is 12.9. The Kier molecular flexibility index (Phi) is 4.69. The lowest BCUT2D eigenvalue weighted by atomic mass is 9.98. The second kappa shape index (κ2) is 8.84. The van der Waals surface area contributed by atoms with Crippen LogP contribution >= 0.6 is 11.3 Å². The number of benzene rings is 7. The third kappa shape index (κ3) is 3.14. The summed E-state index contributed by atoms with van der Waals surface area (Å²) >= 11 is 1.86. The first-order chi connectivity index (χ1) is 22.8. The monoisotopic (exact) mass is 606 g/mol. The minimum atomic E-state index is 0.592. The molecule has 0 aliphatic carbocycles. The molecular formula is C41H22N2O2S. The van der Waals surface area contributed by atoms with Crippen LogP contribution in [0.2, 0.25) is 0 Å². The predicted octanol–water partition coefficient (Wildman–Crippen LogP) is 12.0. The zero-order valence-electron chi connectivity index (χ0n) is 24.3. The molecule has 0 N–H and O–H groups in total. The Morgan fingerprint density at radius 1 is 0.478 bits per heavy atom. The fourth-order valence-electron chi connectivity index (χ4n) is 7.55. The van der Waals surface area contributed by atoms with Crippen LogP contribution in [0.25, 0.3) is 103 Å². The molecule has 0 unspecified atom stereocenters. The highest BCUT2D eigenvalue weighted by Gasteiger charge is 2.23. The van der Waals surface area contributed by atoms with Crippen molar-refractivity contribution in [1.29, 1.82) is 0 Å². The summed E-state index contributed by atoms with van der Waals surface area (Å²) in [5.74, 6) is 0.592. The molecule has 0 atom stereocenters. The molecule has 5 heteroatoms. The van der Waals surface area contributed by atoms with Crippen LogP contribution in [-0.2, 0) is 0 Å². The number of oxazole rings is 1. The quantitative estimate of drug-likeness (QED) is 0.197. The Hall–Kier alpha value is -5.91. The Balaban J connectivity index is 1.28. The molecule has 7 aromatic carbocycles. The number of rotatable bonds is 2. The van der Waals surface area contributed by atoms with E-state index >= 15 is 0 Å². The highest BCUT2D eigenvalue weighted by atomic mass is 32.1. The largest absolute Gasteiger partial charge is 0.456 e. The van der Waals surface area contributed by atoms with Crippen LogP contribution in [0.15, 0.2) is 142 Å². The zero-order chi connectivity index (χ0) is 29.9. The van der Waals surface area contributed by atoms with Crippen LogP contribution in [0.4, 0.5) is 0 Å². The fourth-order valence-corrected chi connectivity index (χ4v) is 8.66. The maximum absolute atomic E-state index is 6.69. The molecule has 11 rings (SSSR count). The maximum Gasteiger partial charge on any atom is 0.228 e. The van der Waals surface area contributed by atoms with Gasteiger partial charge in [0.05, 0.1) is 22.1 Å². The molecule has 0 amide bonds. The van der Waals surface area contributed by atoms with Crippen molar-refractivity contribution >= 4 is 97.1 Å². The highest BCUT2D eigenvalue weighted by molar-refractivity contribution is 7.26. The van der Waals surface area contributed by atoms with Gasteiger partial charge in [-0.3, -0.25) is 0 Å². The Morgan fingerprint density at radius 3 is 2.15 bits per heavy atom. The Labute approximate surface area is 265 Å². The minimum Gasteiger partial charge on any atom is -0.456 e. The van der Waals surface area contributed by atoms with Gasteiger partial charge in [-0.1, -0.05) is 78.9 Å². The summed E-state index contributed by atoms with van der Waals surface area (Å²) in [6.45, 7) is 0. The van der Waals surface area contributed by atoms with Crippen molar-refractivity contribution in [3.63, 3.8) is 0 Å². The van der Waals surface area contributed by atoms with Crippen molar-refractivity contribution in [2.45, 2.75) is 0 Å². The molecule has 0 bridgehead atoms. The van der Waals surface area contributed by atoms with Crippen molar-refractivity contribution < 1.29 is 8.83 Å². The highest BCUT2D eigenvalue weighted by Crippen LogP contribution is 2.46. The Bertz CT molecular complexity index is 3010. The molecule has 214 valence electrons. The summed E-state index contributed by atoms with van der Waals surface area (Å²) in [5, 5.41) is 9.54.